The van der Waals surface area contributed by atoms with Crippen LogP contribution in [0.3, 0.4) is 0 Å². The number of thioether (sulfide) groups is 1. The second-order valence-corrected chi connectivity index (χ2v) is 6.05. The fourth-order valence-electron chi connectivity index (χ4n) is 1.15. The van der Waals surface area contributed by atoms with Gasteiger partial charge in [-0.3, -0.25) is 10.2 Å². The first-order valence-corrected chi connectivity index (χ1v) is 6.96. The molecule has 1 aromatic heterocycles. The molecule has 1 unspecified atom stereocenters. The van der Waals surface area contributed by atoms with Crippen LogP contribution < -0.4 is 16.2 Å². The predicted octanol–water partition coefficient (Wildman–Crippen LogP) is 0.855. The van der Waals surface area contributed by atoms with Gasteiger partial charge in [0.1, 0.15) is 0 Å². The van der Waals surface area contributed by atoms with E-state index in [2.05, 4.69) is 15.6 Å². The lowest BCUT2D eigenvalue weighted by Gasteiger charge is -2.11. The molecular formula is C9H17N5OS2. The number of rotatable bonds is 6. The first kappa shape index (κ1) is 14.2. The molecular weight excluding hydrogens is 258 g/mol. The average Bonchev–Trinajstić information content (AvgIpc) is 2.76. The highest BCUT2D eigenvalue weighted by molar-refractivity contribution is 8.02. The predicted molar refractivity (Wildman–Crippen MR) is 71.1 cm³/mol. The Labute approximate surface area is 109 Å². The van der Waals surface area contributed by atoms with Crippen molar-refractivity contribution < 1.29 is 4.79 Å². The van der Waals surface area contributed by atoms with Crippen LogP contribution in [0.15, 0.2) is 4.34 Å². The van der Waals surface area contributed by atoms with Gasteiger partial charge in [0.2, 0.25) is 11.0 Å². The standard InChI is InChI=1S/C9H17N5OS2/c1-4-5-6(7(15)11-10)16-9-13-12-8(17-9)14(2)3/h6H,4-5,10H2,1-3H3,(H,11,15). The zero-order valence-corrected chi connectivity index (χ0v) is 11.8. The summed E-state index contributed by atoms with van der Waals surface area (Å²) in [5.41, 5.74) is 2.19. The molecule has 0 spiro atoms. The van der Waals surface area contributed by atoms with Crippen LogP contribution in [-0.2, 0) is 4.79 Å². The van der Waals surface area contributed by atoms with Crippen molar-refractivity contribution in [3.63, 3.8) is 0 Å². The third-order valence-electron chi connectivity index (χ3n) is 2.01. The third-order valence-corrected chi connectivity index (χ3v) is 4.45. The summed E-state index contributed by atoms with van der Waals surface area (Å²) in [5, 5.41) is 8.70. The van der Waals surface area contributed by atoms with Gasteiger partial charge < -0.3 is 4.90 Å². The van der Waals surface area contributed by atoms with E-state index in [-0.39, 0.29) is 11.2 Å². The van der Waals surface area contributed by atoms with Crippen LogP contribution in [0.1, 0.15) is 19.8 Å². The van der Waals surface area contributed by atoms with Crippen molar-refractivity contribution in [3.8, 4) is 0 Å². The Morgan fingerprint density at radius 2 is 2.29 bits per heavy atom. The zero-order chi connectivity index (χ0) is 12.8. The molecule has 1 atom stereocenters. The number of aromatic nitrogens is 2. The lowest BCUT2D eigenvalue weighted by molar-refractivity contribution is -0.120. The molecule has 17 heavy (non-hydrogen) atoms. The van der Waals surface area contributed by atoms with Crippen molar-refractivity contribution in [1.29, 1.82) is 0 Å². The van der Waals surface area contributed by atoms with Gasteiger partial charge in [0.25, 0.3) is 0 Å². The highest BCUT2D eigenvalue weighted by Crippen LogP contribution is 2.31. The van der Waals surface area contributed by atoms with Crippen molar-refractivity contribution in [2.75, 3.05) is 19.0 Å². The number of hydrazine groups is 1. The number of nitrogens with two attached hydrogens (primary N) is 1. The number of amides is 1. The summed E-state index contributed by atoms with van der Waals surface area (Å²) >= 11 is 2.88. The number of nitrogens with one attached hydrogen (secondary N) is 1. The summed E-state index contributed by atoms with van der Waals surface area (Å²) in [6.07, 6.45) is 1.69. The fourth-order valence-corrected chi connectivity index (χ4v) is 3.28. The third kappa shape index (κ3) is 4.14. The van der Waals surface area contributed by atoms with E-state index >= 15 is 0 Å². The first-order chi connectivity index (χ1) is 8.08. The van der Waals surface area contributed by atoms with Crippen molar-refractivity contribution in [1.82, 2.24) is 15.6 Å². The van der Waals surface area contributed by atoms with Crippen LogP contribution >= 0.6 is 23.1 Å². The molecule has 8 heteroatoms. The lowest BCUT2D eigenvalue weighted by atomic mass is 10.2. The Hall–Kier alpha value is -0.860. The number of carbonyl (C=O) groups is 1. The summed E-state index contributed by atoms with van der Waals surface area (Å²) in [6, 6.07) is 0. The smallest absolute Gasteiger partial charge is 0.247 e. The van der Waals surface area contributed by atoms with Gasteiger partial charge in [0.15, 0.2) is 4.34 Å². The number of hydrogen-bond donors (Lipinski definition) is 2. The minimum absolute atomic E-state index is 0.168. The second kappa shape index (κ2) is 6.77. The molecule has 1 heterocycles. The molecule has 6 nitrogen and oxygen atoms in total. The van der Waals surface area contributed by atoms with Gasteiger partial charge in [-0.05, 0) is 6.42 Å². The normalized spacial score (nSPS) is 12.2. The topological polar surface area (TPSA) is 84.1 Å². The Kier molecular flexibility index (Phi) is 5.66. The van der Waals surface area contributed by atoms with Gasteiger partial charge in [-0.15, -0.1) is 10.2 Å². The van der Waals surface area contributed by atoms with E-state index in [0.29, 0.717) is 0 Å². The summed E-state index contributed by atoms with van der Waals surface area (Å²) < 4.78 is 0.788. The molecule has 0 radical (unpaired) electrons. The molecule has 1 rings (SSSR count). The number of nitrogens with zero attached hydrogens (tertiary/aromatic N) is 3. The maximum atomic E-state index is 11.5. The van der Waals surface area contributed by atoms with Gasteiger partial charge in [-0.1, -0.05) is 36.4 Å². The Balaban J connectivity index is 2.68. The lowest BCUT2D eigenvalue weighted by Crippen LogP contribution is -2.37. The van der Waals surface area contributed by atoms with Crippen molar-refractivity contribution in [2.45, 2.75) is 29.4 Å². The molecule has 96 valence electrons. The zero-order valence-electron chi connectivity index (χ0n) is 10.1. The number of carbonyl (C=O) groups excluding carboxylic acids is 1. The van der Waals surface area contributed by atoms with E-state index in [1.54, 1.807) is 0 Å². The van der Waals surface area contributed by atoms with E-state index in [4.69, 9.17) is 5.84 Å². The summed E-state index contributed by atoms with van der Waals surface area (Å²) in [7, 11) is 3.82. The van der Waals surface area contributed by atoms with Crippen LogP contribution in [0.25, 0.3) is 0 Å². The Bertz CT molecular complexity index is 368. The van der Waals surface area contributed by atoms with Crippen LogP contribution in [0.4, 0.5) is 5.13 Å². The van der Waals surface area contributed by atoms with Crippen LogP contribution in [0, 0.1) is 0 Å². The Morgan fingerprint density at radius 1 is 1.59 bits per heavy atom. The van der Waals surface area contributed by atoms with Crippen molar-refractivity contribution in [2.24, 2.45) is 5.84 Å². The number of hydrogen-bond acceptors (Lipinski definition) is 7. The van der Waals surface area contributed by atoms with Crippen molar-refractivity contribution in [3.05, 3.63) is 0 Å². The summed E-state index contributed by atoms with van der Waals surface area (Å²) in [4.78, 5) is 13.4. The van der Waals surface area contributed by atoms with Gasteiger partial charge in [0.05, 0.1) is 5.25 Å². The Morgan fingerprint density at radius 3 is 2.76 bits per heavy atom. The van der Waals surface area contributed by atoms with Crippen LogP contribution in [0.2, 0.25) is 0 Å². The molecule has 0 aliphatic heterocycles. The molecule has 0 aliphatic rings. The second-order valence-electron chi connectivity index (χ2n) is 3.65. The van der Waals surface area contributed by atoms with E-state index in [9.17, 15) is 4.79 Å². The van der Waals surface area contributed by atoms with Crippen LogP contribution in [-0.4, -0.2) is 35.4 Å². The molecule has 0 aromatic carbocycles. The highest BCUT2D eigenvalue weighted by Gasteiger charge is 2.20. The number of anilines is 1. The molecule has 3 N–H and O–H groups in total. The fraction of sp³-hybridized carbons (Fsp3) is 0.667. The monoisotopic (exact) mass is 275 g/mol. The van der Waals surface area contributed by atoms with Gasteiger partial charge in [-0.25, -0.2) is 5.84 Å². The van der Waals surface area contributed by atoms with E-state index in [1.165, 1.54) is 23.1 Å². The average molecular weight is 275 g/mol. The first-order valence-electron chi connectivity index (χ1n) is 5.26. The van der Waals surface area contributed by atoms with E-state index in [1.807, 2.05) is 25.9 Å². The molecule has 1 aromatic rings. The maximum Gasteiger partial charge on any atom is 0.247 e. The maximum absolute atomic E-state index is 11.5. The van der Waals surface area contributed by atoms with E-state index in [0.717, 1.165) is 22.3 Å². The minimum Gasteiger partial charge on any atom is -0.353 e. The minimum atomic E-state index is -0.201. The molecule has 0 fully saturated rings. The molecule has 0 saturated carbocycles. The SMILES string of the molecule is CCCC(Sc1nnc(N(C)C)s1)C(=O)NN. The summed E-state index contributed by atoms with van der Waals surface area (Å²) in [5.74, 6) is 4.99. The summed E-state index contributed by atoms with van der Waals surface area (Å²) in [6.45, 7) is 2.03. The largest absolute Gasteiger partial charge is 0.353 e. The van der Waals surface area contributed by atoms with Crippen molar-refractivity contribution >= 4 is 34.1 Å². The van der Waals surface area contributed by atoms with E-state index < -0.39 is 0 Å². The molecule has 1 amide bonds. The van der Waals surface area contributed by atoms with Gasteiger partial charge >= 0.3 is 0 Å². The molecule has 0 aliphatic carbocycles. The van der Waals surface area contributed by atoms with Gasteiger partial charge in [0, 0.05) is 14.1 Å². The van der Waals surface area contributed by atoms with Gasteiger partial charge in [-0.2, -0.15) is 0 Å². The van der Waals surface area contributed by atoms with Crippen LogP contribution in [0.5, 0.6) is 0 Å². The highest BCUT2D eigenvalue weighted by atomic mass is 32.2. The quantitative estimate of drug-likeness (QED) is 0.347. The molecule has 0 saturated heterocycles. The molecule has 0 bridgehead atoms.